The maximum Gasteiger partial charge on any atom is 0.269 e. The van der Waals surface area contributed by atoms with Crippen LogP contribution in [0, 0.1) is 0 Å². The molecule has 0 aliphatic heterocycles. The van der Waals surface area contributed by atoms with Crippen molar-refractivity contribution in [2.45, 2.75) is 12.8 Å². The van der Waals surface area contributed by atoms with Crippen LogP contribution in [0.4, 0.5) is 5.69 Å². The average Bonchev–Trinajstić information content (AvgIpc) is 3.14. The van der Waals surface area contributed by atoms with Gasteiger partial charge in [0, 0.05) is 15.8 Å². The molecule has 0 unspecified atom stereocenters. The van der Waals surface area contributed by atoms with Crippen molar-refractivity contribution in [3.8, 4) is 5.75 Å². The minimum atomic E-state index is -0.170. The van der Waals surface area contributed by atoms with Crippen molar-refractivity contribution in [2.24, 2.45) is 0 Å². The number of thiophene rings is 1. The topological polar surface area (TPSA) is 38.3 Å². The van der Waals surface area contributed by atoms with Crippen LogP contribution in [0.1, 0.15) is 20.8 Å². The zero-order valence-electron chi connectivity index (χ0n) is 16.2. The van der Waals surface area contributed by atoms with Gasteiger partial charge in [0.2, 0.25) is 0 Å². The number of fused-ring (bicyclic) bond motifs is 1. The van der Waals surface area contributed by atoms with Gasteiger partial charge in [0.15, 0.2) is 0 Å². The maximum absolute atomic E-state index is 12.8. The molecular weight excluding hydrogens is 437 g/mol. The Labute approximate surface area is 189 Å². The number of ether oxygens (including phenoxy) is 1. The van der Waals surface area contributed by atoms with Crippen molar-refractivity contribution < 1.29 is 9.53 Å². The third-order valence-electron chi connectivity index (χ3n) is 4.86. The summed E-state index contributed by atoms with van der Waals surface area (Å²) in [6.07, 6.45) is 1.73. The largest absolute Gasteiger partial charge is 0.494 e. The average molecular weight is 456 g/mol. The molecule has 3 aromatic carbocycles. The van der Waals surface area contributed by atoms with E-state index in [0.29, 0.717) is 20.7 Å². The summed E-state index contributed by atoms with van der Waals surface area (Å²) in [6.45, 7) is 0. The summed E-state index contributed by atoms with van der Waals surface area (Å²) in [7, 11) is 1.59. The van der Waals surface area contributed by atoms with Crippen molar-refractivity contribution in [3.63, 3.8) is 0 Å². The van der Waals surface area contributed by atoms with Gasteiger partial charge in [-0.2, -0.15) is 0 Å². The standard InChI is InChI=1S/C24H19Cl2NO2S/c1-29-22-18-4-2-3-5-21(18)30-23(22)24(28)27-17-11-8-15(9-12-17)6-7-16-10-13-19(25)20(26)14-16/h2-5,8-14H,6-7H2,1H3,(H,27,28). The molecule has 0 bridgehead atoms. The van der Waals surface area contributed by atoms with Crippen LogP contribution in [0.15, 0.2) is 66.7 Å². The van der Waals surface area contributed by atoms with E-state index in [1.165, 1.54) is 16.9 Å². The molecule has 0 aliphatic rings. The number of amides is 1. The van der Waals surface area contributed by atoms with Crippen LogP contribution < -0.4 is 10.1 Å². The second-order valence-corrected chi connectivity index (χ2v) is 8.73. The highest BCUT2D eigenvalue weighted by Crippen LogP contribution is 2.37. The Balaban J connectivity index is 1.43. The number of carbonyl (C=O) groups excluding carboxylic acids is 1. The second kappa shape index (κ2) is 9.09. The fourth-order valence-electron chi connectivity index (χ4n) is 3.30. The Morgan fingerprint density at radius 1 is 0.933 bits per heavy atom. The monoisotopic (exact) mass is 455 g/mol. The molecule has 0 atom stereocenters. The summed E-state index contributed by atoms with van der Waals surface area (Å²) in [5.41, 5.74) is 3.06. The molecule has 0 saturated carbocycles. The summed E-state index contributed by atoms with van der Waals surface area (Å²) in [5, 5.41) is 5.06. The van der Waals surface area contributed by atoms with E-state index in [1.807, 2.05) is 66.7 Å². The SMILES string of the molecule is COc1c(C(=O)Nc2ccc(CCc3ccc(Cl)c(Cl)c3)cc2)sc2ccccc12. The summed E-state index contributed by atoms with van der Waals surface area (Å²) >= 11 is 13.5. The molecule has 0 aliphatic carbocycles. The minimum Gasteiger partial charge on any atom is -0.494 e. The molecular formula is C24H19Cl2NO2S. The molecule has 30 heavy (non-hydrogen) atoms. The third-order valence-corrected chi connectivity index (χ3v) is 6.75. The Bertz CT molecular complexity index is 1200. The number of carbonyl (C=O) groups is 1. The summed E-state index contributed by atoms with van der Waals surface area (Å²) in [6, 6.07) is 21.4. The molecule has 0 saturated heterocycles. The fourth-order valence-corrected chi connectivity index (χ4v) is 4.69. The van der Waals surface area contributed by atoms with E-state index in [-0.39, 0.29) is 5.91 Å². The Morgan fingerprint density at radius 3 is 2.37 bits per heavy atom. The number of nitrogens with one attached hydrogen (secondary N) is 1. The molecule has 1 amide bonds. The van der Waals surface area contributed by atoms with Gasteiger partial charge in [0.1, 0.15) is 10.6 Å². The number of methoxy groups -OCH3 is 1. The van der Waals surface area contributed by atoms with Gasteiger partial charge >= 0.3 is 0 Å². The quantitative estimate of drug-likeness (QED) is 0.332. The number of hydrogen-bond acceptors (Lipinski definition) is 3. The number of rotatable bonds is 6. The minimum absolute atomic E-state index is 0.170. The molecule has 3 nitrogen and oxygen atoms in total. The molecule has 152 valence electrons. The van der Waals surface area contributed by atoms with Crippen LogP contribution in [0.25, 0.3) is 10.1 Å². The summed E-state index contributed by atoms with van der Waals surface area (Å²) < 4.78 is 6.52. The van der Waals surface area contributed by atoms with Gasteiger partial charge in [-0.3, -0.25) is 4.79 Å². The lowest BCUT2D eigenvalue weighted by molar-refractivity contribution is 0.102. The first-order chi connectivity index (χ1) is 14.5. The molecule has 4 rings (SSSR count). The molecule has 6 heteroatoms. The summed E-state index contributed by atoms with van der Waals surface area (Å²) in [5.74, 6) is 0.447. The van der Waals surface area contributed by atoms with Crippen molar-refractivity contribution in [2.75, 3.05) is 12.4 Å². The summed E-state index contributed by atoms with van der Waals surface area (Å²) in [4.78, 5) is 13.4. The normalized spacial score (nSPS) is 10.9. The highest BCUT2D eigenvalue weighted by Gasteiger charge is 2.19. The van der Waals surface area contributed by atoms with Crippen LogP contribution >= 0.6 is 34.5 Å². The second-order valence-electron chi connectivity index (χ2n) is 6.86. The van der Waals surface area contributed by atoms with Crippen molar-refractivity contribution in [1.82, 2.24) is 0 Å². The lowest BCUT2D eigenvalue weighted by Crippen LogP contribution is -2.11. The molecule has 1 aromatic heterocycles. The van der Waals surface area contributed by atoms with Crippen LogP contribution in [0.5, 0.6) is 5.75 Å². The van der Waals surface area contributed by atoms with Gasteiger partial charge in [-0.1, -0.05) is 53.5 Å². The molecule has 0 fully saturated rings. The van der Waals surface area contributed by atoms with Gasteiger partial charge in [-0.05, 0) is 60.4 Å². The smallest absolute Gasteiger partial charge is 0.269 e. The van der Waals surface area contributed by atoms with E-state index in [9.17, 15) is 4.79 Å². The molecule has 4 aromatic rings. The van der Waals surface area contributed by atoms with Gasteiger partial charge < -0.3 is 10.1 Å². The number of anilines is 1. The van der Waals surface area contributed by atoms with E-state index in [4.69, 9.17) is 27.9 Å². The highest BCUT2D eigenvalue weighted by molar-refractivity contribution is 7.21. The lowest BCUT2D eigenvalue weighted by Gasteiger charge is -2.08. The van der Waals surface area contributed by atoms with Gasteiger partial charge in [0.25, 0.3) is 5.91 Å². The van der Waals surface area contributed by atoms with E-state index < -0.39 is 0 Å². The van der Waals surface area contributed by atoms with E-state index in [2.05, 4.69) is 5.32 Å². The van der Waals surface area contributed by atoms with E-state index in [1.54, 1.807) is 7.11 Å². The Hall–Kier alpha value is -2.53. The molecule has 1 N–H and O–H groups in total. The zero-order chi connectivity index (χ0) is 21.1. The molecule has 0 radical (unpaired) electrons. The Morgan fingerprint density at radius 2 is 1.63 bits per heavy atom. The molecule has 1 heterocycles. The van der Waals surface area contributed by atoms with Crippen molar-refractivity contribution in [3.05, 3.63) is 92.8 Å². The van der Waals surface area contributed by atoms with Gasteiger partial charge in [0.05, 0.1) is 17.2 Å². The fraction of sp³-hybridized carbons (Fsp3) is 0.125. The van der Waals surface area contributed by atoms with Crippen LogP contribution in [0.2, 0.25) is 10.0 Å². The lowest BCUT2D eigenvalue weighted by atomic mass is 10.0. The van der Waals surface area contributed by atoms with Crippen molar-refractivity contribution >= 4 is 56.2 Å². The van der Waals surface area contributed by atoms with E-state index >= 15 is 0 Å². The highest BCUT2D eigenvalue weighted by atomic mass is 35.5. The van der Waals surface area contributed by atoms with Gasteiger partial charge in [-0.25, -0.2) is 0 Å². The number of halogens is 2. The first-order valence-electron chi connectivity index (χ1n) is 9.45. The number of benzene rings is 3. The zero-order valence-corrected chi connectivity index (χ0v) is 18.6. The number of aryl methyl sites for hydroxylation is 2. The van der Waals surface area contributed by atoms with E-state index in [0.717, 1.165) is 34.2 Å². The van der Waals surface area contributed by atoms with Crippen LogP contribution in [0.3, 0.4) is 0 Å². The predicted molar refractivity (Wildman–Crippen MR) is 127 cm³/mol. The first-order valence-corrected chi connectivity index (χ1v) is 11.0. The third kappa shape index (κ3) is 4.46. The predicted octanol–water partition coefficient (Wildman–Crippen LogP) is 7.25. The van der Waals surface area contributed by atoms with Crippen LogP contribution in [-0.4, -0.2) is 13.0 Å². The molecule has 0 spiro atoms. The number of hydrogen-bond donors (Lipinski definition) is 1. The first kappa shape index (κ1) is 20.7. The van der Waals surface area contributed by atoms with Gasteiger partial charge in [-0.15, -0.1) is 11.3 Å². The van der Waals surface area contributed by atoms with Crippen LogP contribution in [-0.2, 0) is 12.8 Å². The Kier molecular flexibility index (Phi) is 6.28. The maximum atomic E-state index is 12.8. The van der Waals surface area contributed by atoms with Crippen molar-refractivity contribution in [1.29, 1.82) is 0 Å².